The number of hydrogen-bond acceptors (Lipinski definition) is 5. The van der Waals surface area contributed by atoms with Crippen molar-refractivity contribution in [3.63, 3.8) is 0 Å². The normalized spacial score (nSPS) is 11.4. The summed E-state index contributed by atoms with van der Waals surface area (Å²) in [6, 6.07) is 26.0. The third-order valence-electron chi connectivity index (χ3n) is 6.63. The molecule has 6 nitrogen and oxygen atoms in total. The number of benzene rings is 3. The fraction of sp³-hybridized carbons (Fsp3) is 0.161. The Kier molecular flexibility index (Phi) is 6.39. The molecule has 3 aromatic carbocycles. The highest BCUT2D eigenvalue weighted by atomic mass is 16.5. The minimum Gasteiger partial charge on any atom is -0.380 e. The second-order valence-electron chi connectivity index (χ2n) is 9.47. The van der Waals surface area contributed by atoms with Gasteiger partial charge in [-0.3, -0.25) is 19.7 Å². The van der Waals surface area contributed by atoms with Crippen molar-refractivity contribution in [3.05, 3.63) is 96.3 Å². The summed E-state index contributed by atoms with van der Waals surface area (Å²) >= 11 is 0. The monoisotopic (exact) mass is 486 g/mol. The SMILES string of the molecule is COCc1cnc2ccc(-c3cnc4ccccc4c3)cc2c1N(C=O)c1ccc(C(C)(C)C#N)cc1. The number of anilines is 2. The molecule has 0 radical (unpaired) electrons. The van der Waals surface area contributed by atoms with Gasteiger partial charge in [-0.15, -0.1) is 0 Å². The predicted octanol–water partition coefficient (Wildman–Crippen LogP) is 6.69. The molecule has 0 aliphatic carbocycles. The molecule has 2 aromatic heterocycles. The average molecular weight is 487 g/mol. The van der Waals surface area contributed by atoms with Crippen LogP contribution in [0.4, 0.5) is 11.4 Å². The van der Waals surface area contributed by atoms with E-state index in [4.69, 9.17) is 4.74 Å². The highest BCUT2D eigenvalue weighted by Gasteiger charge is 2.22. The van der Waals surface area contributed by atoms with Crippen LogP contribution in [0.15, 0.2) is 85.2 Å². The molecule has 0 N–H and O–H groups in total. The van der Waals surface area contributed by atoms with Gasteiger partial charge in [0.25, 0.3) is 0 Å². The first-order valence-corrected chi connectivity index (χ1v) is 12.0. The van der Waals surface area contributed by atoms with Gasteiger partial charge in [-0.25, -0.2) is 0 Å². The van der Waals surface area contributed by atoms with E-state index in [2.05, 4.69) is 22.1 Å². The Morgan fingerprint density at radius 3 is 2.43 bits per heavy atom. The maximum Gasteiger partial charge on any atom is 0.218 e. The lowest BCUT2D eigenvalue weighted by Gasteiger charge is -2.24. The summed E-state index contributed by atoms with van der Waals surface area (Å²) < 4.78 is 5.46. The number of fused-ring (bicyclic) bond motifs is 2. The minimum atomic E-state index is -0.627. The molecule has 0 fully saturated rings. The molecule has 6 heteroatoms. The van der Waals surface area contributed by atoms with Crippen molar-refractivity contribution >= 4 is 39.6 Å². The number of carbonyl (C=O) groups is 1. The molecule has 0 aliphatic rings. The van der Waals surface area contributed by atoms with Crippen LogP contribution in [0.2, 0.25) is 0 Å². The number of hydrogen-bond donors (Lipinski definition) is 0. The summed E-state index contributed by atoms with van der Waals surface area (Å²) in [7, 11) is 1.62. The van der Waals surface area contributed by atoms with E-state index < -0.39 is 5.41 Å². The first kappa shape index (κ1) is 24.1. The maximum absolute atomic E-state index is 12.5. The predicted molar refractivity (Wildman–Crippen MR) is 146 cm³/mol. The molecule has 0 unspecified atom stereocenters. The summed E-state index contributed by atoms with van der Waals surface area (Å²) in [5.41, 5.74) is 6.10. The number of pyridine rings is 2. The molecule has 2 heterocycles. The fourth-order valence-corrected chi connectivity index (χ4v) is 4.52. The molecule has 182 valence electrons. The van der Waals surface area contributed by atoms with Gasteiger partial charge < -0.3 is 4.74 Å². The molecule has 1 amide bonds. The molecule has 5 aromatic rings. The number of carbonyl (C=O) groups excluding carboxylic acids is 1. The van der Waals surface area contributed by atoms with Crippen molar-refractivity contribution in [2.45, 2.75) is 25.9 Å². The van der Waals surface area contributed by atoms with Gasteiger partial charge in [0.2, 0.25) is 6.41 Å². The van der Waals surface area contributed by atoms with E-state index >= 15 is 0 Å². The first-order valence-electron chi connectivity index (χ1n) is 12.0. The number of nitrogens with zero attached hydrogens (tertiary/aromatic N) is 4. The van der Waals surface area contributed by atoms with Gasteiger partial charge in [0, 0.05) is 47.1 Å². The maximum atomic E-state index is 12.5. The highest BCUT2D eigenvalue weighted by Crippen LogP contribution is 2.37. The van der Waals surface area contributed by atoms with Crippen LogP contribution in [0.3, 0.4) is 0 Å². The van der Waals surface area contributed by atoms with Crippen LogP contribution in [-0.2, 0) is 21.6 Å². The summed E-state index contributed by atoms with van der Waals surface area (Å²) in [5, 5.41) is 11.4. The van der Waals surface area contributed by atoms with E-state index in [0.29, 0.717) is 18.0 Å². The van der Waals surface area contributed by atoms with Crippen LogP contribution < -0.4 is 4.90 Å². The van der Waals surface area contributed by atoms with Crippen LogP contribution >= 0.6 is 0 Å². The Bertz CT molecular complexity index is 1650. The number of aromatic nitrogens is 2. The van der Waals surface area contributed by atoms with Gasteiger partial charge in [0.05, 0.1) is 34.8 Å². The summed E-state index contributed by atoms with van der Waals surface area (Å²) in [5.74, 6) is 0. The fourth-order valence-electron chi connectivity index (χ4n) is 4.52. The van der Waals surface area contributed by atoms with Crippen molar-refractivity contribution < 1.29 is 9.53 Å². The summed E-state index contributed by atoms with van der Waals surface area (Å²) in [4.78, 5) is 23.4. The van der Waals surface area contributed by atoms with Gasteiger partial charge >= 0.3 is 0 Å². The lowest BCUT2D eigenvalue weighted by Crippen LogP contribution is -2.18. The van der Waals surface area contributed by atoms with Crippen molar-refractivity contribution in [2.75, 3.05) is 12.0 Å². The van der Waals surface area contributed by atoms with Crippen LogP contribution in [-0.4, -0.2) is 23.5 Å². The molecule has 0 saturated carbocycles. The van der Waals surface area contributed by atoms with E-state index in [-0.39, 0.29) is 0 Å². The zero-order valence-corrected chi connectivity index (χ0v) is 21.0. The number of nitriles is 1. The Morgan fingerprint density at radius 2 is 1.70 bits per heavy atom. The molecular weight excluding hydrogens is 460 g/mol. The Labute approximate surface area is 215 Å². The molecular formula is C31H26N4O2. The molecule has 0 aliphatic heterocycles. The second kappa shape index (κ2) is 9.81. The van der Waals surface area contributed by atoms with Crippen LogP contribution in [0.1, 0.15) is 25.0 Å². The average Bonchev–Trinajstić information content (AvgIpc) is 2.94. The standard InChI is InChI=1S/C31H26N4O2/c1-31(2,19-32)25-9-11-26(12-10-25)35(20-36)30-24(18-37-3)17-34-29-13-8-21(15-27(29)30)23-14-22-6-4-5-7-28(22)33-16-23/h4-17,20H,18H2,1-3H3. The van der Waals surface area contributed by atoms with E-state index in [1.54, 1.807) is 18.2 Å². The minimum absolute atomic E-state index is 0.296. The summed E-state index contributed by atoms with van der Waals surface area (Å²) in [6.07, 6.45) is 4.42. The lowest BCUT2D eigenvalue weighted by molar-refractivity contribution is -0.106. The highest BCUT2D eigenvalue weighted by molar-refractivity contribution is 6.03. The molecule has 0 spiro atoms. The van der Waals surface area contributed by atoms with E-state index in [1.165, 1.54) is 0 Å². The zero-order chi connectivity index (χ0) is 26.0. The molecule has 0 saturated heterocycles. The van der Waals surface area contributed by atoms with Crippen molar-refractivity contribution in [3.8, 4) is 17.2 Å². The van der Waals surface area contributed by atoms with E-state index in [0.717, 1.165) is 50.5 Å². The van der Waals surface area contributed by atoms with E-state index in [9.17, 15) is 10.1 Å². The molecule has 5 rings (SSSR count). The zero-order valence-electron chi connectivity index (χ0n) is 21.0. The third kappa shape index (κ3) is 4.53. The van der Waals surface area contributed by atoms with Gasteiger partial charge in [0.1, 0.15) is 0 Å². The molecule has 0 atom stereocenters. The Balaban J connectivity index is 1.67. The Morgan fingerprint density at radius 1 is 0.946 bits per heavy atom. The number of amides is 1. The van der Waals surface area contributed by atoms with Crippen molar-refractivity contribution in [2.24, 2.45) is 0 Å². The largest absolute Gasteiger partial charge is 0.380 e. The third-order valence-corrected chi connectivity index (χ3v) is 6.63. The quantitative estimate of drug-likeness (QED) is 0.239. The molecule has 0 bridgehead atoms. The number of para-hydroxylation sites is 1. The van der Waals surface area contributed by atoms with Crippen molar-refractivity contribution in [1.29, 1.82) is 5.26 Å². The van der Waals surface area contributed by atoms with Crippen LogP contribution in [0, 0.1) is 11.3 Å². The Hall–Kier alpha value is -4.60. The van der Waals surface area contributed by atoms with Gasteiger partial charge in [0.15, 0.2) is 0 Å². The lowest BCUT2D eigenvalue weighted by atomic mass is 9.86. The van der Waals surface area contributed by atoms with E-state index in [1.807, 2.05) is 86.8 Å². The smallest absolute Gasteiger partial charge is 0.218 e. The van der Waals surface area contributed by atoms with Crippen molar-refractivity contribution in [1.82, 2.24) is 9.97 Å². The van der Waals surface area contributed by atoms with Gasteiger partial charge in [-0.1, -0.05) is 36.4 Å². The number of rotatable bonds is 7. The topological polar surface area (TPSA) is 79.1 Å². The summed E-state index contributed by atoms with van der Waals surface area (Å²) in [6.45, 7) is 4.04. The van der Waals surface area contributed by atoms with Gasteiger partial charge in [-0.05, 0) is 61.4 Å². The number of methoxy groups -OCH3 is 1. The van der Waals surface area contributed by atoms with Crippen LogP contribution in [0.25, 0.3) is 32.9 Å². The second-order valence-corrected chi connectivity index (χ2v) is 9.47. The number of ether oxygens (including phenoxy) is 1. The van der Waals surface area contributed by atoms with Crippen LogP contribution in [0.5, 0.6) is 0 Å². The first-order chi connectivity index (χ1) is 17.9. The van der Waals surface area contributed by atoms with Gasteiger partial charge in [-0.2, -0.15) is 5.26 Å². The molecule has 37 heavy (non-hydrogen) atoms.